The summed E-state index contributed by atoms with van der Waals surface area (Å²) in [5, 5.41) is 2.69. The molecule has 1 heterocycles. The molecule has 0 bridgehead atoms. The van der Waals surface area contributed by atoms with Crippen molar-refractivity contribution in [2.24, 2.45) is 5.73 Å². The van der Waals surface area contributed by atoms with Gasteiger partial charge in [-0.25, -0.2) is 9.78 Å². The number of nitrogens with two attached hydrogens (primary N) is 1. The Bertz CT molecular complexity index is 410. The number of hydrogen-bond acceptors (Lipinski definition) is 5. The van der Waals surface area contributed by atoms with Crippen LogP contribution in [0.1, 0.15) is 5.01 Å². The van der Waals surface area contributed by atoms with E-state index in [4.69, 9.17) is 10.5 Å². The molecule has 0 unspecified atom stereocenters. The molecule has 3 amide bonds. The number of nitrogens with zero attached hydrogens (tertiary/aromatic N) is 3. The van der Waals surface area contributed by atoms with E-state index in [1.165, 1.54) is 23.3 Å². The summed E-state index contributed by atoms with van der Waals surface area (Å²) < 4.78 is 4.98. The minimum atomic E-state index is -0.630. The molecule has 2 N–H and O–H groups in total. The number of likely N-dealkylation sites (N-methyl/N-ethyl adjacent to an activating group) is 1. The fourth-order valence-electron chi connectivity index (χ4n) is 1.37. The Labute approximate surface area is 116 Å². The highest BCUT2D eigenvalue weighted by atomic mass is 32.1. The van der Waals surface area contributed by atoms with E-state index >= 15 is 0 Å². The van der Waals surface area contributed by atoms with E-state index in [-0.39, 0.29) is 12.5 Å². The Morgan fingerprint density at radius 2 is 2.26 bits per heavy atom. The highest BCUT2D eigenvalue weighted by molar-refractivity contribution is 7.09. The summed E-state index contributed by atoms with van der Waals surface area (Å²) in [6.45, 7) is 1.23. The van der Waals surface area contributed by atoms with Gasteiger partial charge in [0, 0.05) is 32.3 Å². The highest BCUT2D eigenvalue weighted by Gasteiger charge is 2.18. The summed E-state index contributed by atoms with van der Waals surface area (Å²) >= 11 is 1.48. The van der Waals surface area contributed by atoms with Crippen LogP contribution in [0.4, 0.5) is 4.79 Å². The van der Waals surface area contributed by atoms with Crippen LogP contribution >= 0.6 is 11.3 Å². The molecule has 1 aromatic rings. The number of carbonyl (C=O) groups excluding carboxylic acids is 2. The van der Waals surface area contributed by atoms with Gasteiger partial charge in [-0.2, -0.15) is 0 Å². The Hall–Kier alpha value is -1.67. The largest absolute Gasteiger partial charge is 0.383 e. The average Bonchev–Trinajstić information content (AvgIpc) is 2.86. The van der Waals surface area contributed by atoms with Crippen molar-refractivity contribution in [3.63, 3.8) is 0 Å². The molecule has 0 saturated heterocycles. The molecule has 1 rings (SSSR count). The van der Waals surface area contributed by atoms with E-state index in [1.54, 1.807) is 18.2 Å². The first-order valence-electron chi connectivity index (χ1n) is 5.70. The summed E-state index contributed by atoms with van der Waals surface area (Å²) in [5.74, 6) is -0.187. The first kappa shape index (κ1) is 15.4. The molecule has 0 aliphatic heterocycles. The summed E-state index contributed by atoms with van der Waals surface area (Å²) in [5.41, 5.74) is 5.10. The molecule has 0 radical (unpaired) electrons. The summed E-state index contributed by atoms with van der Waals surface area (Å²) in [6.07, 6.45) is 1.69. The van der Waals surface area contributed by atoms with E-state index in [1.807, 2.05) is 5.38 Å². The Balaban J connectivity index is 2.61. The molecule has 0 saturated carbocycles. The number of thiazole rings is 1. The molecule has 0 spiro atoms. The van der Waals surface area contributed by atoms with Crippen LogP contribution in [-0.2, 0) is 16.1 Å². The van der Waals surface area contributed by atoms with Crippen LogP contribution in [0.25, 0.3) is 0 Å². The monoisotopic (exact) mass is 286 g/mol. The first-order valence-corrected chi connectivity index (χ1v) is 6.58. The maximum Gasteiger partial charge on any atom is 0.314 e. The van der Waals surface area contributed by atoms with Crippen molar-refractivity contribution in [2.45, 2.75) is 6.54 Å². The third-order valence-electron chi connectivity index (χ3n) is 2.48. The molecule has 0 aliphatic rings. The van der Waals surface area contributed by atoms with Crippen LogP contribution in [0, 0.1) is 0 Å². The van der Waals surface area contributed by atoms with E-state index < -0.39 is 6.03 Å². The van der Waals surface area contributed by atoms with Gasteiger partial charge < -0.3 is 20.3 Å². The molecule has 7 nitrogen and oxygen atoms in total. The zero-order valence-corrected chi connectivity index (χ0v) is 11.9. The molecule has 0 atom stereocenters. The van der Waals surface area contributed by atoms with Gasteiger partial charge >= 0.3 is 6.03 Å². The topological polar surface area (TPSA) is 88.8 Å². The second kappa shape index (κ2) is 7.70. The van der Waals surface area contributed by atoms with Gasteiger partial charge in [-0.05, 0) is 0 Å². The number of urea groups is 1. The van der Waals surface area contributed by atoms with Crippen LogP contribution in [0.15, 0.2) is 11.6 Å². The molecular weight excluding hydrogens is 268 g/mol. The second-order valence-corrected chi connectivity index (χ2v) is 4.91. The van der Waals surface area contributed by atoms with Gasteiger partial charge in [-0.15, -0.1) is 11.3 Å². The molecule has 0 fully saturated rings. The maximum absolute atomic E-state index is 12.1. The van der Waals surface area contributed by atoms with Crippen LogP contribution in [-0.4, -0.2) is 60.6 Å². The van der Waals surface area contributed by atoms with Crippen molar-refractivity contribution in [3.8, 4) is 0 Å². The predicted molar refractivity (Wildman–Crippen MR) is 71.6 cm³/mol. The van der Waals surface area contributed by atoms with Crippen molar-refractivity contribution < 1.29 is 14.3 Å². The quantitative estimate of drug-likeness (QED) is 0.771. The minimum Gasteiger partial charge on any atom is -0.383 e. The van der Waals surface area contributed by atoms with E-state index in [0.29, 0.717) is 19.7 Å². The number of methoxy groups -OCH3 is 1. The van der Waals surface area contributed by atoms with Crippen molar-refractivity contribution in [3.05, 3.63) is 16.6 Å². The van der Waals surface area contributed by atoms with E-state index in [0.717, 1.165) is 5.01 Å². The molecule has 106 valence electrons. The zero-order chi connectivity index (χ0) is 14.3. The van der Waals surface area contributed by atoms with Crippen LogP contribution < -0.4 is 5.73 Å². The van der Waals surface area contributed by atoms with Crippen LogP contribution in [0.2, 0.25) is 0 Å². The number of ether oxygens (including phenoxy) is 1. The maximum atomic E-state index is 12.1. The third-order valence-corrected chi connectivity index (χ3v) is 3.24. The van der Waals surface area contributed by atoms with Gasteiger partial charge in [-0.1, -0.05) is 0 Å². The van der Waals surface area contributed by atoms with Crippen LogP contribution in [0.5, 0.6) is 0 Å². The zero-order valence-electron chi connectivity index (χ0n) is 11.0. The summed E-state index contributed by atoms with van der Waals surface area (Å²) in [7, 11) is 3.06. The summed E-state index contributed by atoms with van der Waals surface area (Å²) in [6, 6.07) is -0.630. The predicted octanol–water partition coefficient (Wildman–Crippen LogP) is 0.129. The van der Waals surface area contributed by atoms with Crippen molar-refractivity contribution in [1.82, 2.24) is 14.8 Å². The number of primary amides is 1. The highest BCUT2D eigenvalue weighted by Crippen LogP contribution is 2.08. The number of rotatable bonds is 7. The van der Waals surface area contributed by atoms with Gasteiger partial charge in [-0.3, -0.25) is 4.79 Å². The van der Waals surface area contributed by atoms with Crippen molar-refractivity contribution in [1.29, 1.82) is 0 Å². The van der Waals surface area contributed by atoms with Gasteiger partial charge in [0.2, 0.25) is 5.91 Å². The molecular formula is C11H18N4O3S. The van der Waals surface area contributed by atoms with Gasteiger partial charge in [0.15, 0.2) is 0 Å². The normalized spacial score (nSPS) is 10.2. The fraction of sp³-hybridized carbons (Fsp3) is 0.545. The number of carbonyl (C=O) groups is 2. The van der Waals surface area contributed by atoms with E-state index in [9.17, 15) is 9.59 Å². The lowest BCUT2D eigenvalue weighted by Gasteiger charge is -2.23. The van der Waals surface area contributed by atoms with Crippen LogP contribution in [0.3, 0.4) is 0 Å². The first-order chi connectivity index (χ1) is 9.04. The number of hydrogen-bond donors (Lipinski definition) is 1. The van der Waals surface area contributed by atoms with E-state index in [2.05, 4.69) is 4.98 Å². The lowest BCUT2D eigenvalue weighted by atomic mass is 10.4. The smallest absolute Gasteiger partial charge is 0.314 e. The molecule has 0 aromatic carbocycles. The fourth-order valence-corrected chi connectivity index (χ4v) is 2.00. The molecule has 19 heavy (non-hydrogen) atoms. The lowest BCUT2D eigenvalue weighted by molar-refractivity contribution is -0.132. The SMILES string of the molecule is COCCN(Cc1nccs1)C(=O)CN(C)C(N)=O. The lowest BCUT2D eigenvalue weighted by Crippen LogP contribution is -2.43. The number of aromatic nitrogens is 1. The minimum absolute atomic E-state index is 0.0512. The second-order valence-electron chi connectivity index (χ2n) is 3.93. The van der Waals surface area contributed by atoms with Gasteiger partial charge in [0.1, 0.15) is 11.6 Å². The standard InChI is InChI=1S/C11H18N4O3S/c1-14(11(12)17)8-10(16)15(4-5-18-2)7-9-13-3-6-19-9/h3,6H,4-5,7-8H2,1-2H3,(H2,12,17). The van der Waals surface area contributed by atoms with Gasteiger partial charge in [0.25, 0.3) is 0 Å². The average molecular weight is 286 g/mol. The Morgan fingerprint density at radius 1 is 1.53 bits per heavy atom. The molecule has 1 aromatic heterocycles. The van der Waals surface area contributed by atoms with Gasteiger partial charge in [0.05, 0.1) is 13.2 Å². The Kier molecular flexibility index (Phi) is 6.23. The van der Waals surface area contributed by atoms with Crippen molar-refractivity contribution in [2.75, 3.05) is 33.9 Å². The summed E-state index contributed by atoms with van der Waals surface area (Å²) in [4.78, 5) is 29.9. The van der Waals surface area contributed by atoms with Crippen molar-refractivity contribution >= 4 is 23.3 Å². The third kappa shape index (κ3) is 5.23. The molecule has 0 aliphatic carbocycles. The Morgan fingerprint density at radius 3 is 2.79 bits per heavy atom. The molecule has 8 heteroatoms. The number of amides is 3.